The molecule has 0 spiro atoms. The molecule has 0 saturated carbocycles. The van der Waals surface area contributed by atoms with Crippen molar-refractivity contribution < 1.29 is 28.7 Å². The van der Waals surface area contributed by atoms with Gasteiger partial charge in [0.1, 0.15) is 17.5 Å². The number of hydrogen-bond donors (Lipinski definition) is 3. The highest BCUT2D eigenvalue weighted by molar-refractivity contribution is 5.98. The SMILES string of the molecule is COC(=O)CC[C@H](NC(=O)c1ccc(CN(Cc2ncc[nH]2)C(=O)OC(C)(C)C)cc1)C(=O)N[C@@H](C)c1cccc2ccccc12. The average Bonchev–Trinajstić information content (AvgIpc) is 3.54. The van der Waals surface area contributed by atoms with Crippen LogP contribution in [0, 0.1) is 0 Å². The molecule has 3 amide bonds. The van der Waals surface area contributed by atoms with E-state index in [1.807, 2.05) is 49.4 Å². The van der Waals surface area contributed by atoms with Gasteiger partial charge in [0.25, 0.3) is 5.91 Å². The van der Waals surface area contributed by atoms with Crippen molar-refractivity contribution in [3.05, 3.63) is 102 Å². The first-order chi connectivity index (χ1) is 21.9. The molecule has 11 nitrogen and oxygen atoms in total. The minimum Gasteiger partial charge on any atom is -0.469 e. The van der Waals surface area contributed by atoms with Crippen molar-refractivity contribution in [3.63, 3.8) is 0 Å². The molecule has 1 aromatic heterocycles. The second-order valence-corrected chi connectivity index (χ2v) is 12.0. The van der Waals surface area contributed by atoms with Crippen LogP contribution in [0.5, 0.6) is 0 Å². The lowest BCUT2D eigenvalue weighted by Crippen LogP contribution is -2.47. The topological polar surface area (TPSA) is 143 Å². The van der Waals surface area contributed by atoms with E-state index in [1.54, 1.807) is 57.4 Å². The van der Waals surface area contributed by atoms with Crippen molar-refractivity contribution in [3.8, 4) is 0 Å². The Bertz CT molecular complexity index is 1640. The van der Waals surface area contributed by atoms with Gasteiger partial charge in [-0.05, 0) is 68.1 Å². The summed E-state index contributed by atoms with van der Waals surface area (Å²) >= 11 is 0. The molecule has 0 unspecified atom stereocenters. The molecular weight excluding hydrogens is 586 g/mol. The van der Waals surface area contributed by atoms with Gasteiger partial charge < -0.3 is 25.1 Å². The number of carbonyl (C=O) groups excluding carboxylic acids is 4. The largest absolute Gasteiger partial charge is 0.469 e. The summed E-state index contributed by atoms with van der Waals surface area (Å²) in [5, 5.41) is 7.85. The number of benzene rings is 3. The molecule has 4 aromatic rings. The fraction of sp³-hybridized carbons (Fsp3) is 0.343. The van der Waals surface area contributed by atoms with Crippen molar-refractivity contribution in [1.29, 1.82) is 0 Å². The van der Waals surface area contributed by atoms with Crippen molar-refractivity contribution >= 4 is 34.6 Å². The van der Waals surface area contributed by atoms with Crippen molar-refractivity contribution in [2.75, 3.05) is 7.11 Å². The minimum absolute atomic E-state index is 0.0490. The Balaban J connectivity index is 1.45. The molecular formula is C35H41N5O6. The van der Waals surface area contributed by atoms with Crippen LogP contribution < -0.4 is 10.6 Å². The highest BCUT2D eigenvalue weighted by atomic mass is 16.6. The van der Waals surface area contributed by atoms with Crippen LogP contribution in [0.15, 0.2) is 79.1 Å². The Morgan fingerprint density at radius 2 is 1.65 bits per heavy atom. The number of H-pyrrole nitrogens is 1. The van der Waals surface area contributed by atoms with Crippen molar-refractivity contribution in [2.45, 2.75) is 71.3 Å². The second-order valence-electron chi connectivity index (χ2n) is 12.0. The van der Waals surface area contributed by atoms with E-state index in [0.717, 1.165) is 21.9 Å². The number of ether oxygens (including phenoxy) is 2. The number of nitrogens with zero attached hydrogens (tertiary/aromatic N) is 2. The third-order valence-corrected chi connectivity index (χ3v) is 7.27. The van der Waals surface area contributed by atoms with Crippen LogP contribution in [0.3, 0.4) is 0 Å². The van der Waals surface area contributed by atoms with Crippen LogP contribution in [0.1, 0.15) is 73.9 Å². The highest BCUT2D eigenvalue weighted by Gasteiger charge is 2.26. The first-order valence-electron chi connectivity index (χ1n) is 15.1. The molecule has 0 aliphatic carbocycles. The normalized spacial score (nSPS) is 12.5. The lowest BCUT2D eigenvalue weighted by Gasteiger charge is -2.27. The monoisotopic (exact) mass is 627 g/mol. The van der Waals surface area contributed by atoms with Gasteiger partial charge in [-0.15, -0.1) is 0 Å². The van der Waals surface area contributed by atoms with Crippen LogP contribution in [-0.2, 0) is 32.2 Å². The summed E-state index contributed by atoms with van der Waals surface area (Å²) in [7, 11) is 1.28. The first kappa shape index (κ1) is 33.7. The minimum atomic E-state index is -0.986. The number of esters is 1. The zero-order valence-electron chi connectivity index (χ0n) is 26.8. The summed E-state index contributed by atoms with van der Waals surface area (Å²) in [6, 6.07) is 19.2. The van der Waals surface area contributed by atoms with Crippen LogP contribution in [0.4, 0.5) is 4.79 Å². The fourth-order valence-electron chi connectivity index (χ4n) is 4.95. The van der Waals surface area contributed by atoms with Gasteiger partial charge in [0.2, 0.25) is 5.91 Å². The third kappa shape index (κ3) is 9.40. The molecule has 0 radical (unpaired) electrons. The molecule has 0 fully saturated rings. The number of aromatic nitrogens is 2. The van der Waals surface area contributed by atoms with Gasteiger partial charge in [-0.1, -0.05) is 54.6 Å². The quantitative estimate of drug-likeness (QED) is 0.178. The maximum absolute atomic E-state index is 13.5. The number of hydrogen-bond acceptors (Lipinski definition) is 7. The Kier molecular flexibility index (Phi) is 11.1. The average molecular weight is 628 g/mol. The highest BCUT2D eigenvalue weighted by Crippen LogP contribution is 2.24. The van der Waals surface area contributed by atoms with E-state index < -0.39 is 35.5 Å². The molecule has 0 saturated heterocycles. The Morgan fingerprint density at radius 3 is 2.33 bits per heavy atom. The molecule has 0 aliphatic rings. The van der Waals surface area contributed by atoms with E-state index in [4.69, 9.17) is 9.47 Å². The number of carbonyl (C=O) groups is 4. The lowest BCUT2D eigenvalue weighted by molar-refractivity contribution is -0.140. The predicted octanol–water partition coefficient (Wildman–Crippen LogP) is 5.43. The molecule has 3 N–H and O–H groups in total. The maximum Gasteiger partial charge on any atom is 0.410 e. The Hall–Kier alpha value is -5.19. The Labute approximate surface area is 268 Å². The van der Waals surface area contributed by atoms with Gasteiger partial charge in [0.05, 0.1) is 19.7 Å². The summed E-state index contributed by atoms with van der Waals surface area (Å²) in [6.07, 6.45) is 2.80. The van der Waals surface area contributed by atoms with Crippen molar-refractivity contribution in [1.82, 2.24) is 25.5 Å². The van der Waals surface area contributed by atoms with Crippen LogP contribution in [0.2, 0.25) is 0 Å². The van der Waals surface area contributed by atoms with Crippen LogP contribution in [-0.4, -0.2) is 57.5 Å². The molecule has 2 atom stereocenters. The lowest BCUT2D eigenvalue weighted by atomic mass is 9.99. The van der Waals surface area contributed by atoms with E-state index in [0.29, 0.717) is 11.4 Å². The van der Waals surface area contributed by atoms with Crippen molar-refractivity contribution in [2.24, 2.45) is 0 Å². The van der Waals surface area contributed by atoms with Gasteiger partial charge in [-0.25, -0.2) is 9.78 Å². The summed E-state index contributed by atoms with van der Waals surface area (Å²) in [5.74, 6) is -0.773. The molecule has 4 rings (SSSR count). The van der Waals surface area contributed by atoms with E-state index in [-0.39, 0.29) is 32.0 Å². The molecule has 3 aromatic carbocycles. The number of rotatable bonds is 12. The number of aromatic amines is 1. The number of fused-ring (bicyclic) bond motifs is 1. The smallest absolute Gasteiger partial charge is 0.410 e. The number of amides is 3. The van der Waals surface area contributed by atoms with Gasteiger partial charge in [0, 0.05) is 30.9 Å². The Morgan fingerprint density at radius 1 is 0.935 bits per heavy atom. The summed E-state index contributed by atoms with van der Waals surface area (Å²) in [4.78, 5) is 60.4. The maximum atomic E-state index is 13.5. The third-order valence-electron chi connectivity index (χ3n) is 7.27. The van der Waals surface area contributed by atoms with E-state index >= 15 is 0 Å². The summed E-state index contributed by atoms with van der Waals surface area (Å²) in [5.41, 5.74) is 1.34. The predicted molar refractivity (Wildman–Crippen MR) is 174 cm³/mol. The van der Waals surface area contributed by atoms with E-state index in [1.165, 1.54) is 12.0 Å². The molecule has 0 aliphatic heterocycles. The molecule has 1 heterocycles. The van der Waals surface area contributed by atoms with Crippen LogP contribution >= 0.6 is 0 Å². The van der Waals surface area contributed by atoms with Gasteiger partial charge in [-0.2, -0.15) is 0 Å². The van der Waals surface area contributed by atoms with Gasteiger partial charge in [-0.3, -0.25) is 19.3 Å². The number of nitrogens with one attached hydrogen (secondary N) is 3. The van der Waals surface area contributed by atoms with E-state index in [2.05, 4.69) is 20.6 Å². The summed E-state index contributed by atoms with van der Waals surface area (Å²) in [6.45, 7) is 7.70. The number of imidazole rings is 1. The number of methoxy groups -OCH3 is 1. The van der Waals surface area contributed by atoms with E-state index in [9.17, 15) is 19.2 Å². The molecule has 11 heteroatoms. The zero-order chi connectivity index (χ0) is 33.3. The molecule has 0 bridgehead atoms. The second kappa shape index (κ2) is 15.2. The van der Waals surface area contributed by atoms with Crippen LogP contribution in [0.25, 0.3) is 10.8 Å². The first-order valence-corrected chi connectivity index (χ1v) is 15.1. The molecule has 46 heavy (non-hydrogen) atoms. The molecule has 242 valence electrons. The van der Waals surface area contributed by atoms with Gasteiger partial charge in [0.15, 0.2) is 0 Å². The standard InChI is InChI=1S/C35H41N5O6/c1-23(27-12-8-10-25-9-6-7-11-28(25)27)38-33(43)29(17-18-31(41)45-5)39-32(42)26-15-13-24(14-16-26)21-40(22-30-36-19-20-37-30)34(44)46-35(2,3)4/h6-16,19-20,23,29H,17-18,21-22H2,1-5H3,(H,36,37)(H,38,43)(H,39,42)/t23-,29-/m0/s1. The van der Waals surface area contributed by atoms with Gasteiger partial charge >= 0.3 is 12.1 Å². The zero-order valence-corrected chi connectivity index (χ0v) is 26.8. The summed E-state index contributed by atoms with van der Waals surface area (Å²) < 4.78 is 10.3. The fourth-order valence-corrected chi connectivity index (χ4v) is 4.95.